The highest BCUT2D eigenvalue weighted by Gasteiger charge is 2.17. The van der Waals surface area contributed by atoms with E-state index < -0.39 is 17.8 Å². The predicted molar refractivity (Wildman–Crippen MR) is 116 cm³/mol. The number of carbonyl (C=O) groups is 3. The number of carbonyl (C=O) groups excluding carboxylic acids is 3. The summed E-state index contributed by atoms with van der Waals surface area (Å²) in [6.45, 7) is 3.86. The number of nitrogen functional groups attached to an aromatic ring is 1. The van der Waals surface area contributed by atoms with Gasteiger partial charge in [-0.05, 0) is 32.0 Å². The second-order valence-corrected chi connectivity index (χ2v) is 7.96. The predicted octanol–water partition coefficient (Wildman–Crippen LogP) is 1.94. The number of nitrogens with one attached hydrogen (secondary N) is 1. The number of hydrogen-bond donors (Lipinski definition) is 2. The van der Waals surface area contributed by atoms with E-state index >= 15 is 0 Å². The van der Waals surface area contributed by atoms with E-state index in [0.29, 0.717) is 21.4 Å². The third-order valence-corrected chi connectivity index (χ3v) is 5.69. The van der Waals surface area contributed by atoms with Crippen molar-refractivity contribution < 1.29 is 23.9 Å². The monoisotopic (exact) mass is 464 g/mol. The van der Waals surface area contributed by atoms with Crippen molar-refractivity contribution in [1.29, 1.82) is 0 Å². The van der Waals surface area contributed by atoms with E-state index in [1.54, 1.807) is 32.0 Å². The Bertz CT molecular complexity index is 1110. The third kappa shape index (κ3) is 5.70. The minimum atomic E-state index is -0.417. The minimum absolute atomic E-state index is 0.0221. The molecule has 1 aromatic carbocycles. The Morgan fingerprint density at radius 3 is 2.71 bits per heavy atom. The van der Waals surface area contributed by atoms with Crippen LogP contribution >= 0.6 is 23.1 Å². The highest BCUT2D eigenvalue weighted by molar-refractivity contribution is 7.99. The van der Waals surface area contributed by atoms with Gasteiger partial charge in [0.25, 0.3) is 0 Å². The number of anilines is 2. The maximum Gasteiger partial charge on any atom is 0.338 e. The van der Waals surface area contributed by atoms with Gasteiger partial charge in [-0.2, -0.15) is 0 Å². The molecular weight excluding hydrogens is 444 g/mol. The number of thiazole rings is 1. The lowest BCUT2D eigenvalue weighted by molar-refractivity contribution is -0.139. The number of esters is 2. The van der Waals surface area contributed by atoms with Crippen LogP contribution in [0.2, 0.25) is 0 Å². The van der Waals surface area contributed by atoms with E-state index in [9.17, 15) is 14.4 Å². The van der Waals surface area contributed by atoms with E-state index in [1.165, 1.54) is 15.9 Å². The number of nitrogens with two attached hydrogens (primary N) is 1. The first-order chi connectivity index (χ1) is 14.9. The lowest BCUT2D eigenvalue weighted by atomic mass is 10.2. The molecule has 0 atom stereocenters. The molecule has 164 valence electrons. The molecule has 0 aliphatic rings. The molecular formula is C18H20N6O5S2. The van der Waals surface area contributed by atoms with E-state index in [1.807, 2.05) is 0 Å². The summed E-state index contributed by atoms with van der Waals surface area (Å²) in [5, 5.41) is 11.0. The van der Waals surface area contributed by atoms with Crippen molar-refractivity contribution in [2.45, 2.75) is 25.5 Å². The Morgan fingerprint density at radius 2 is 1.97 bits per heavy atom. The van der Waals surface area contributed by atoms with E-state index in [4.69, 9.17) is 15.2 Å². The summed E-state index contributed by atoms with van der Waals surface area (Å²) in [5.74, 6) is -1.14. The van der Waals surface area contributed by atoms with Crippen LogP contribution in [0.25, 0.3) is 10.2 Å². The molecule has 0 spiro atoms. The molecule has 0 bridgehead atoms. The number of amides is 1. The molecule has 1 amide bonds. The lowest BCUT2D eigenvalue weighted by Gasteiger charge is -2.07. The highest BCUT2D eigenvalue weighted by Crippen LogP contribution is 2.27. The summed E-state index contributed by atoms with van der Waals surface area (Å²) >= 11 is 2.30. The van der Waals surface area contributed by atoms with Crippen LogP contribution < -0.4 is 11.1 Å². The van der Waals surface area contributed by atoms with Crippen molar-refractivity contribution in [3.8, 4) is 0 Å². The fourth-order valence-electron chi connectivity index (χ4n) is 2.50. The first kappa shape index (κ1) is 22.5. The van der Waals surface area contributed by atoms with Gasteiger partial charge in [0, 0.05) is 0 Å². The summed E-state index contributed by atoms with van der Waals surface area (Å²) in [5.41, 5.74) is 6.86. The van der Waals surface area contributed by atoms with Crippen molar-refractivity contribution in [1.82, 2.24) is 19.7 Å². The maximum absolute atomic E-state index is 12.5. The molecule has 0 aliphatic carbocycles. The zero-order valence-electron chi connectivity index (χ0n) is 16.8. The van der Waals surface area contributed by atoms with Crippen LogP contribution in [-0.2, 0) is 25.6 Å². The molecule has 0 fully saturated rings. The molecule has 3 N–H and O–H groups in total. The quantitative estimate of drug-likeness (QED) is 0.355. The molecule has 3 aromatic rings. The van der Waals surface area contributed by atoms with Crippen molar-refractivity contribution in [2.75, 3.05) is 30.0 Å². The molecule has 0 saturated carbocycles. The fourth-order valence-corrected chi connectivity index (χ4v) is 4.17. The average Bonchev–Trinajstić information content (AvgIpc) is 3.29. The minimum Gasteiger partial charge on any atom is -0.465 e. The van der Waals surface area contributed by atoms with Crippen LogP contribution in [0.5, 0.6) is 0 Å². The van der Waals surface area contributed by atoms with Gasteiger partial charge in [0.2, 0.25) is 11.9 Å². The molecule has 0 radical (unpaired) electrons. The standard InChI is InChI=1S/C18H20N6O5S2/c1-3-28-14(26)9-30-18-23-22-16(19)24(18)8-13(25)21-17-20-11-6-5-10(7-12(11)31-17)15(27)29-4-2/h5-7H,3-4,8-9H2,1-2H3,(H2,19,22)(H,20,21,25). The Hall–Kier alpha value is -3.19. The van der Waals surface area contributed by atoms with Gasteiger partial charge < -0.3 is 20.5 Å². The largest absolute Gasteiger partial charge is 0.465 e. The molecule has 2 heterocycles. The summed E-state index contributed by atoms with van der Waals surface area (Å²) in [6, 6.07) is 4.98. The van der Waals surface area contributed by atoms with Gasteiger partial charge in [0.15, 0.2) is 10.3 Å². The average molecular weight is 465 g/mol. The van der Waals surface area contributed by atoms with Crippen LogP contribution in [0.15, 0.2) is 23.4 Å². The Balaban J connectivity index is 1.67. The molecule has 2 aromatic heterocycles. The zero-order valence-corrected chi connectivity index (χ0v) is 18.4. The number of aromatic nitrogens is 4. The zero-order chi connectivity index (χ0) is 22.4. The van der Waals surface area contributed by atoms with Crippen LogP contribution in [0, 0.1) is 0 Å². The Labute approximate surface area is 185 Å². The normalized spacial score (nSPS) is 10.8. The van der Waals surface area contributed by atoms with Gasteiger partial charge in [-0.25, -0.2) is 9.78 Å². The summed E-state index contributed by atoms with van der Waals surface area (Å²) in [7, 11) is 0. The van der Waals surface area contributed by atoms with E-state index in [0.717, 1.165) is 16.5 Å². The molecule has 31 heavy (non-hydrogen) atoms. The second-order valence-electron chi connectivity index (χ2n) is 5.99. The van der Waals surface area contributed by atoms with Crippen LogP contribution in [0.3, 0.4) is 0 Å². The topological polar surface area (TPSA) is 151 Å². The maximum atomic E-state index is 12.5. The number of thioether (sulfide) groups is 1. The van der Waals surface area contributed by atoms with Gasteiger partial charge in [0.05, 0.1) is 34.7 Å². The number of hydrogen-bond acceptors (Lipinski definition) is 11. The third-order valence-electron chi connectivity index (χ3n) is 3.82. The van der Waals surface area contributed by atoms with Crippen LogP contribution in [-0.4, -0.2) is 56.6 Å². The number of ether oxygens (including phenoxy) is 2. The molecule has 3 rings (SSSR count). The van der Waals surface area contributed by atoms with Gasteiger partial charge in [-0.1, -0.05) is 23.1 Å². The van der Waals surface area contributed by atoms with Gasteiger partial charge in [-0.15, -0.1) is 10.2 Å². The van der Waals surface area contributed by atoms with Gasteiger partial charge >= 0.3 is 11.9 Å². The molecule has 0 unspecified atom stereocenters. The summed E-state index contributed by atoms with van der Waals surface area (Å²) in [6.07, 6.45) is 0. The number of nitrogens with zero attached hydrogens (tertiary/aromatic N) is 4. The summed E-state index contributed by atoms with van der Waals surface area (Å²) in [4.78, 5) is 40.3. The van der Waals surface area contributed by atoms with E-state index in [2.05, 4.69) is 20.5 Å². The smallest absolute Gasteiger partial charge is 0.338 e. The van der Waals surface area contributed by atoms with Crippen molar-refractivity contribution >= 4 is 62.2 Å². The first-order valence-electron chi connectivity index (χ1n) is 9.25. The molecule has 11 nitrogen and oxygen atoms in total. The SMILES string of the molecule is CCOC(=O)CSc1nnc(N)n1CC(=O)Nc1nc2ccc(C(=O)OCC)cc2s1. The van der Waals surface area contributed by atoms with E-state index in [-0.39, 0.29) is 31.5 Å². The number of benzene rings is 1. The van der Waals surface area contributed by atoms with Crippen molar-refractivity contribution in [2.24, 2.45) is 0 Å². The van der Waals surface area contributed by atoms with Crippen molar-refractivity contribution in [3.63, 3.8) is 0 Å². The fraction of sp³-hybridized carbons (Fsp3) is 0.333. The first-order valence-corrected chi connectivity index (χ1v) is 11.1. The molecule has 13 heteroatoms. The number of rotatable bonds is 9. The molecule has 0 aliphatic heterocycles. The van der Waals surface area contributed by atoms with Gasteiger partial charge in [-0.3, -0.25) is 14.2 Å². The lowest BCUT2D eigenvalue weighted by Crippen LogP contribution is -2.20. The second kappa shape index (κ2) is 10.2. The number of fused-ring (bicyclic) bond motifs is 1. The van der Waals surface area contributed by atoms with Gasteiger partial charge in [0.1, 0.15) is 6.54 Å². The molecule has 0 saturated heterocycles. The highest BCUT2D eigenvalue weighted by atomic mass is 32.2. The van der Waals surface area contributed by atoms with Crippen LogP contribution in [0.1, 0.15) is 24.2 Å². The summed E-state index contributed by atoms with van der Waals surface area (Å²) < 4.78 is 12.0. The van der Waals surface area contributed by atoms with Crippen LogP contribution in [0.4, 0.5) is 11.1 Å². The van der Waals surface area contributed by atoms with Crippen molar-refractivity contribution in [3.05, 3.63) is 23.8 Å². The Kier molecular flexibility index (Phi) is 7.41. The Morgan fingerprint density at radius 1 is 1.19 bits per heavy atom.